The largest absolute Gasteiger partial charge is 0.365 e. The second kappa shape index (κ2) is 5.75. The van der Waals surface area contributed by atoms with E-state index in [1.165, 1.54) is 24.4 Å². The smallest absolute Gasteiger partial charge is 0.254 e. The minimum atomic E-state index is -0.584. The van der Waals surface area contributed by atoms with Gasteiger partial charge in [0, 0.05) is 32.4 Å². The van der Waals surface area contributed by atoms with E-state index in [0.29, 0.717) is 25.1 Å². The average molecular weight is 306 g/mol. The van der Waals surface area contributed by atoms with Crippen molar-refractivity contribution < 1.29 is 13.6 Å². The number of rotatable bonds is 3. The number of carbonyl (C=O) groups is 1. The molecular formula is C15H16F2N4O. The SMILES string of the molecule is Cn1cc(C(=O)N[C@@H]2CCN(c3c(F)cccc3F)C2)cn1. The number of halogens is 2. The zero-order chi connectivity index (χ0) is 15.7. The van der Waals surface area contributed by atoms with Gasteiger partial charge in [-0.25, -0.2) is 8.78 Å². The van der Waals surface area contributed by atoms with E-state index in [1.54, 1.807) is 22.8 Å². The van der Waals surface area contributed by atoms with Gasteiger partial charge in [-0.05, 0) is 18.6 Å². The number of para-hydroxylation sites is 1. The quantitative estimate of drug-likeness (QED) is 0.939. The Balaban J connectivity index is 1.66. The van der Waals surface area contributed by atoms with E-state index < -0.39 is 11.6 Å². The molecular weight excluding hydrogens is 290 g/mol. The van der Waals surface area contributed by atoms with Gasteiger partial charge >= 0.3 is 0 Å². The van der Waals surface area contributed by atoms with Crippen LogP contribution in [0.3, 0.4) is 0 Å². The van der Waals surface area contributed by atoms with Gasteiger partial charge in [-0.3, -0.25) is 9.48 Å². The Morgan fingerprint density at radius 1 is 1.36 bits per heavy atom. The lowest BCUT2D eigenvalue weighted by Crippen LogP contribution is -2.37. The zero-order valence-corrected chi connectivity index (χ0v) is 12.1. The topological polar surface area (TPSA) is 50.2 Å². The Kier molecular flexibility index (Phi) is 3.79. The Bertz CT molecular complexity index is 680. The fourth-order valence-electron chi connectivity index (χ4n) is 2.68. The van der Waals surface area contributed by atoms with Crippen molar-refractivity contribution in [3.63, 3.8) is 0 Å². The van der Waals surface area contributed by atoms with Crippen LogP contribution in [0.1, 0.15) is 16.8 Å². The zero-order valence-electron chi connectivity index (χ0n) is 12.1. The summed E-state index contributed by atoms with van der Waals surface area (Å²) >= 11 is 0. The molecule has 5 nitrogen and oxygen atoms in total. The normalized spacial score (nSPS) is 17.8. The van der Waals surface area contributed by atoms with E-state index in [9.17, 15) is 13.6 Å². The highest BCUT2D eigenvalue weighted by atomic mass is 19.1. The Morgan fingerprint density at radius 3 is 2.73 bits per heavy atom. The van der Waals surface area contributed by atoms with Gasteiger partial charge in [-0.2, -0.15) is 5.10 Å². The van der Waals surface area contributed by atoms with Crippen LogP contribution < -0.4 is 10.2 Å². The average Bonchev–Trinajstić information content (AvgIpc) is 3.08. The lowest BCUT2D eigenvalue weighted by Gasteiger charge is -2.20. The molecule has 0 saturated carbocycles. The van der Waals surface area contributed by atoms with Crippen LogP contribution in [0.5, 0.6) is 0 Å². The van der Waals surface area contributed by atoms with Crippen LogP contribution >= 0.6 is 0 Å². The third-order valence-electron chi connectivity index (χ3n) is 3.74. The maximum atomic E-state index is 13.8. The highest BCUT2D eigenvalue weighted by Gasteiger charge is 2.28. The lowest BCUT2D eigenvalue weighted by atomic mass is 10.2. The number of anilines is 1. The summed E-state index contributed by atoms with van der Waals surface area (Å²) in [7, 11) is 1.73. The minimum absolute atomic E-state index is 0.0272. The predicted molar refractivity (Wildman–Crippen MR) is 77.7 cm³/mol. The van der Waals surface area contributed by atoms with Crippen LogP contribution in [-0.4, -0.2) is 34.8 Å². The highest BCUT2D eigenvalue weighted by molar-refractivity contribution is 5.93. The summed E-state index contributed by atoms with van der Waals surface area (Å²) < 4.78 is 29.1. The number of nitrogens with one attached hydrogen (secondary N) is 1. The van der Waals surface area contributed by atoms with Gasteiger partial charge in [0.2, 0.25) is 0 Å². The van der Waals surface area contributed by atoms with E-state index in [4.69, 9.17) is 0 Å². The Morgan fingerprint density at radius 2 is 2.09 bits per heavy atom. The fraction of sp³-hybridized carbons (Fsp3) is 0.333. The van der Waals surface area contributed by atoms with E-state index >= 15 is 0 Å². The van der Waals surface area contributed by atoms with Gasteiger partial charge in [0.05, 0.1) is 11.8 Å². The summed E-state index contributed by atoms with van der Waals surface area (Å²) in [6, 6.07) is 3.66. The number of benzene rings is 1. The molecule has 1 amide bonds. The van der Waals surface area contributed by atoms with Crippen molar-refractivity contribution in [1.82, 2.24) is 15.1 Å². The van der Waals surface area contributed by atoms with Gasteiger partial charge in [0.25, 0.3) is 5.91 Å². The third kappa shape index (κ3) is 2.79. The number of carbonyl (C=O) groups excluding carboxylic acids is 1. The molecule has 1 atom stereocenters. The maximum absolute atomic E-state index is 13.8. The van der Waals surface area contributed by atoms with Crippen LogP contribution in [0.25, 0.3) is 0 Å². The number of nitrogens with zero attached hydrogens (tertiary/aromatic N) is 3. The molecule has 1 N–H and O–H groups in total. The number of aryl methyl sites for hydroxylation is 1. The number of hydrogen-bond donors (Lipinski definition) is 1. The molecule has 0 radical (unpaired) electrons. The molecule has 1 aliphatic heterocycles. The van der Waals surface area contributed by atoms with E-state index in [0.717, 1.165) is 0 Å². The van der Waals surface area contributed by atoms with Crippen LogP contribution in [-0.2, 0) is 7.05 Å². The fourth-order valence-corrected chi connectivity index (χ4v) is 2.68. The summed E-state index contributed by atoms with van der Waals surface area (Å²) in [5.41, 5.74) is 0.443. The molecule has 2 heterocycles. The molecule has 2 aromatic rings. The molecule has 7 heteroatoms. The second-order valence-corrected chi connectivity index (χ2v) is 5.38. The van der Waals surface area contributed by atoms with Crippen molar-refractivity contribution in [2.75, 3.05) is 18.0 Å². The summed E-state index contributed by atoms with van der Waals surface area (Å²) in [6.07, 6.45) is 3.75. The number of aromatic nitrogens is 2. The van der Waals surface area contributed by atoms with Crippen molar-refractivity contribution in [3.05, 3.63) is 47.8 Å². The van der Waals surface area contributed by atoms with Crippen molar-refractivity contribution in [2.24, 2.45) is 7.05 Å². The lowest BCUT2D eigenvalue weighted by molar-refractivity contribution is 0.0940. The summed E-state index contributed by atoms with van der Waals surface area (Å²) in [6.45, 7) is 0.875. The first-order valence-corrected chi connectivity index (χ1v) is 7.03. The molecule has 0 bridgehead atoms. The van der Waals surface area contributed by atoms with Crippen molar-refractivity contribution in [2.45, 2.75) is 12.5 Å². The van der Waals surface area contributed by atoms with Gasteiger partial charge < -0.3 is 10.2 Å². The molecule has 22 heavy (non-hydrogen) atoms. The van der Waals surface area contributed by atoms with Crippen LogP contribution in [0.4, 0.5) is 14.5 Å². The molecule has 0 aliphatic carbocycles. The van der Waals surface area contributed by atoms with Gasteiger partial charge in [0.1, 0.15) is 17.3 Å². The van der Waals surface area contributed by atoms with Gasteiger partial charge in [-0.15, -0.1) is 0 Å². The van der Waals surface area contributed by atoms with Crippen LogP contribution in [0.15, 0.2) is 30.6 Å². The third-order valence-corrected chi connectivity index (χ3v) is 3.74. The monoisotopic (exact) mass is 306 g/mol. The summed E-state index contributed by atoms with van der Waals surface area (Å²) in [4.78, 5) is 13.7. The molecule has 1 aromatic heterocycles. The van der Waals surface area contributed by atoms with E-state index in [1.807, 2.05) is 0 Å². The molecule has 1 fully saturated rings. The molecule has 1 aliphatic rings. The minimum Gasteiger partial charge on any atom is -0.365 e. The number of amides is 1. The molecule has 3 rings (SSSR count). The Hall–Kier alpha value is -2.44. The van der Waals surface area contributed by atoms with Crippen molar-refractivity contribution in [1.29, 1.82) is 0 Å². The van der Waals surface area contributed by atoms with E-state index in [2.05, 4.69) is 10.4 Å². The maximum Gasteiger partial charge on any atom is 0.254 e. The molecule has 0 unspecified atom stereocenters. The number of hydrogen-bond acceptors (Lipinski definition) is 3. The van der Waals surface area contributed by atoms with Crippen molar-refractivity contribution >= 4 is 11.6 Å². The van der Waals surface area contributed by atoms with Gasteiger partial charge in [-0.1, -0.05) is 6.07 Å². The first kappa shape index (κ1) is 14.5. The van der Waals surface area contributed by atoms with Crippen LogP contribution in [0, 0.1) is 11.6 Å². The van der Waals surface area contributed by atoms with E-state index in [-0.39, 0.29) is 17.6 Å². The predicted octanol–water partition coefficient (Wildman–Crippen LogP) is 1.71. The molecule has 0 spiro atoms. The second-order valence-electron chi connectivity index (χ2n) is 5.38. The first-order chi connectivity index (χ1) is 10.5. The first-order valence-electron chi connectivity index (χ1n) is 7.03. The highest BCUT2D eigenvalue weighted by Crippen LogP contribution is 2.26. The standard InChI is InChI=1S/C15H16F2N4O/c1-20-8-10(7-18-20)15(22)19-11-5-6-21(9-11)14-12(16)3-2-4-13(14)17/h2-4,7-8,11H,5-6,9H2,1H3,(H,19,22)/t11-/m1/s1. The van der Waals surface area contributed by atoms with Crippen LogP contribution in [0.2, 0.25) is 0 Å². The molecule has 116 valence electrons. The molecule has 1 saturated heterocycles. The summed E-state index contributed by atoms with van der Waals surface area (Å²) in [5.74, 6) is -1.40. The Labute approximate surface area is 126 Å². The summed E-state index contributed by atoms with van der Waals surface area (Å²) in [5, 5.41) is 6.81. The van der Waals surface area contributed by atoms with Crippen molar-refractivity contribution in [3.8, 4) is 0 Å². The molecule has 1 aromatic carbocycles. The van der Waals surface area contributed by atoms with Gasteiger partial charge in [0.15, 0.2) is 0 Å².